The standard InChI is InChI=1S/C4H3F6O/c5-2(6)1-11-4(9,10)3(7)8/h3H,1H2. The van der Waals surface area contributed by atoms with Gasteiger partial charge in [-0.3, -0.25) is 0 Å². The molecular formula is C4H3F6O. The molecule has 0 saturated heterocycles. The first-order valence-corrected chi connectivity index (χ1v) is 2.33. The second-order valence-corrected chi connectivity index (χ2v) is 1.49. The van der Waals surface area contributed by atoms with Crippen molar-refractivity contribution in [1.29, 1.82) is 0 Å². The molecule has 0 rings (SSSR count). The van der Waals surface area contributed by atoms with E-state index in [0.717, 1.165) is 0 Å². The number of alkyl halides is 4. The van der Waals surface area contributed by atoms with Gasteiger partial charge in [-0.05, 0) is 0 Å². The molecule has 0 N–H and O–H groups in total. The van der Waals surface area contributed by atoms with Gasteiger partial charge in [-0.25, -0.2) is 8.78 Å². The third-order valence-corrected chi connectivity index (χ3v) is 0.628. The smallest absolute Gasteiger partial charge is 0.309 e. The third kappa shape index (κ3) is 4.07. The minimum Gasteiger partial charge on any atom is -0.309 e. The van der Waals surface area contributed by atoms with Crippen molar-refractivity contribution in [3.63, 3.8) is 0 Å². The van der Waals surface area contributed by atoms with E-state index in [0.29, 0.717) is 0 Å². The van der Waals surface area contributed by atoms with E-state index in [9.17, 15) is 26.3 Å². The molecule has 0 atom stereocenters. The highest BCUT2D eigenvalue weighted by Crippen LogP contribution is 2.25. The second kappa shape index (κ2) is 3.80. The zero-order valence-corrected chi connectivity index (χ0v) is 4.96. The molecule has 0 aromatic heterocycles. The quantitative estimate of drug-likeness (QED) is 0.604. The molecule has 0 heterocycles. The molecule has 11 heavy (non-hydrogen) atoms. The van der Waals surface area contributed by atoms with Gasteiger partial charge in [0.2, 0.25) is 0 Å². The maximum atomic E-state index is 11.6. The maximum absolute atomic E-state index is 11.6. The minimum absolute atomic E-state index is 1.78. The van der Waals surface area contributed by atoms with Gasteiger partial charge in [-0.15, -0.1) is 0 Å². The fourth-order valence-corrected chi connectivity index (χ4v) is 0.214. The number of hydrogen-bond acceptors (Lipinski definition) is 1. The van der Waals surface area contributed by atoms with E-state index in [1.54, 1.807) is 0 Å². The Morgan fingerprint density at radius 2 is 1.73 bits per heavy atom. The fraction of sp³-hybridized carbons (Fsp3) is 0.750. The molecule has 0 amide bonds. The van der Waals surface area contributed by atoms with Crippen LogP contribution in [0.15, 0.2) is 0 Å². The number of rotatable bonds is 4. The second-order valence-electron chi connectivity index (χ2n) is 1.49. The Kier molecular flexibility index (Phi) is 3.64. The molecule has 0 saturated carbocycles. The lowest BCUT2D eigenvalue weighted by Crippen LogP contribution is -2.31. The monoisotopic (exact) mass is 181 g/mol. The lowest BCUT2D eigenvalue weighted by molar-refractivity contribution is -0.302. The number of halogens is 6. The van der Waals surface area contributed by atoms with Crippen molar-refractivity contribution in [3.8, 4) is 0 Å². The van der Waals surface area contributed by atoms with Crippen molar-refractivity contribution in [2.45, 2.75) is 12.5 Å². The van der Waals surface area contributed by atoms with E-state index in [1.807, 2.05) is 0 Å². The van der Waals surface area contributed by atoms with Crippen LogP contribution in [0.5, 0.6) is 0 Å². The molecule has 0 spiro atoms. The lowest BCUT2D eigenvalue weighted by atomic mass is 10.6. The molecule has 0 bridgehead atoms. The Morgan fingerprint density at radius 1 is 1.27 bits per heavy atom. The SMILES string of the molecule is F[C](F)COC(F)(F)C(F)F. The first-order chi connectivity index (χ1) is 4.86. The van der Waals surface area contributed by atoms with Gasteiger partial charge in [-0.1, -0.05) is 0 Å². The molecule has 0 aromatic rings. The average Bonchev–Trinajstić information content (AvgIpc) is 1.84. The van der Waals surface area contributed by atoms with E-state index in [-0.39, 0.29) is 0 Å². The summed E-state index contributed by atoms with van der Waals surface area (Å²) in [6.07, 6.45) is -11.4. The Balaban J connectivity index is 3.73. The Labute approximate surface area is 57.9 Å². The van der Waals surface area contributed by atoms with Gasteiger partial charge in [0.1, 0.15) is 6.61 Å². The molecule has 0 aliphatic carbocycles. The van der Waals surface area contributed by atoms with Crippen molar-refractivity contribution in [2.24, 2.45) is 0 Å². The summed E-state index contributed by atoms with van der Waals surface area (Å²) in [5.74, 6) is 0. The summed E-state index contributed by atoms with van der Waals surface area (Å²) < 4.78 is 70.4. The van der Waals surface area contributed by atoms with Crippen LogP contribution >= 0.6 is 0 Å². The molecule has 1 radical (unpaired) electrons. The van der Waals surface area contributed by atoms with Gasteiger partial charge in [0.25, 0.3) is 0 Å². The average molecular weight is 181 g/mol. The van der Waals surface area contributed by atoms with Crippen LogP contribution in [0.2, 0.25) is 0 Å². The molecule has 0 unspecified atom stereocenters. The highest BCUT2D eigenvalue weighted by Gasteiger charge is 2.43. The Bertz CT molecular complexity index is 113. The summed E-state index contributed by atoms with van der Waals surface area (Å²) in [6, 6.07) is 0. The molecule has 7 heteroatoms. The summed E-state index contributed by atoms with van der Waals surface area (Å²) in [4.78, 5) is 0. The Hall–Kier alpha value is -0.460. The zero-order chi connectivity index (χ0) is 9.07. The van der Waals surface area contributed by atoms with Crippen molar-refractivity contribution < 1.29 is 31.1 Å². The van der Waals surface area contributed by atoms with Crippen molar-refractivity contribution in [1.82, 2.24) is 0 Å². The summed E-state index contributed by atoms with van der Waals surface area (Å²) in [7, 11) is 0. The van der Waals surface area contributed by atoms with Crippen molar-refractivity contribution in [3.05, 3.63) is 6.43 Å². The lowest BCUT2D eigenvalue weighted by Gasteiger charge is -2.14. The number of ether oxygens (including phenoxy) is 1. The first kappa shape index (κ1) is 10.5. The zero-order valence-electron chi connectivity index (χ0n) is 4.96. The van der Waals surface area contributed by atoms with Gasteiger partial charge in [-0.2, -0.15) is 17.6 Å². The summed E-state index contributed by atoms with van der Waals surface area (Å²) in [5.41, 5.74) is 0. The normalized spacial score (nSPS) is 13.1. The third-order valence-electron chi connectivity index (χ3n) is 0.628. The van der Waals surface area contributed by atoms with E-state index >= 15 is 0 Å². The van der Waals surface area contributed by atoms with Gasteiger partial charge >= 0.3 is 19.0 Å². The highest BCUT2D eigenvalue weighted by atomic mass is 19.3. The van der Waals surface area contributed by atoms with Crippen LogP contribution in [0.25, 0.3) is 0 Å². The molecule has 0 aromatic carbocycles. The van der Waals surface area contributed by atoms with E-state index in [4.69, 9.17) is 0 Å². The van der Waals surface area contributed by atoms with Crippen LogP contribution in [0.1, 0.15) is 0 Å². The fourth-order valence-electron chi connectivity index (χ4n) is 0.214. The maximum Gasteiger partial charge on any atom is 0.416 e. The van der Waals surface area contributed by atoms with Gasteiger partial charge in [0.05, 0.1) is 0 Å². The summed E-state index contributed by atoms with van der Waals surface area (Å²) >= 11 is 0. The van der Waals surface area contributed by atoms with Crippen LogP contribution in [-0.2, 0) is 4.74 Å². The van der Waals surface area contributed by atoms with Crippen LogP contribution < -0.4 is 0 Å². The van der Waals surface area contributed by atoms with Crippen LogP contribution in [0, 0.1) is 6.43 Å². The minimum atomic E-state index is -4.80. The molecule has 0 aliphatic rings. The van der Waals surface area contributed by atoms with Gasteiger partial charge in [0, 0.05) is 0 Å². The molecule has 0 aliphatic heterocycles. The predicted octanol–water partition coefficient (Wildman–Crippen LogP) is 2.29. The number of hydrogen-bond donors (Lipinski definition) is 0. The first-order valence-electron chi connectivity index (χ1n) is 2.33. The highest BCUT2D eigenvalue weighted by molar-refractivity contribution is 4.61. The topological polar surface area (TPSA) is 9.23 Å². The molecule has 1 nitrogen and oxygen atoms in total. The van der Waals surface area contributed by atoms with Crippen molar-refractivity contribution >= 4 is 0 Å². The van der Waals surface area contributed by atoms with Gasteiger partial charge in [0.15, 0.2) is 0 Å². The van der Waals surface area contributed by atoms with Crippen LogP contribution in [0.4, 0.5) is 26.3 Å². The molecular weight excluding hydrogens is 178 g/mol. The van der Waals surface area contributed by atoms with Crippen molar-refractivity contribution in [2.75, 3.05) is 6.61 Å². The largest absolute Gasteiger partial charge is 0.416 e. The van der Waals surface area contributed by atoms with Gasteiger partial charge < -0.3 is 4.74 Å². The summed E-state index contributed by atoms with van der Waals surface area (Å²) in [5, 5.41) is 0. The van der Waals surface area contributed by atoms with E-state index < -0.39 is 25.6 Å². The molecule has 67 valence electrons. The summed E-state index contributed by atoms with van der Waals surface area (Å²) in [6.45, 7) is -1.78. The molecule has 0 fully saturated rings. The van der Waals surface area contributed by atoms with E-state index in [2.05, 4.69) is 4.74 Å². The Morgan fingerprint density at radius 3 is 2.00 bits per heavy atom. The van der Waals surface area contributed by atoms with Crippen LogP contribution in [0.3, 0.4) is 0 Å². The predicted molar refractivity (Wildman–Crippen MR) is 22.4 cm³/mol. The van der Waals surface area contributed by atoms with E-state index in [1.165, 1.54) is 0 Å². The van der Waals surface area contributed by atoms with Crippen LogP contribution in [-0.4, -0.2) is 19.1 Å².